The molecule has 1 heterocycles. The van der Waals surface area contributed by atoms with Crippen LogP contribution in [-0.2, 0) is 14.3 Å². The summed E-state index contributed by atoms with van der Waals surface area (Å²) in [7, 11) is 0. The largest absolute Gasteiger partial charge is 0.459 e. The fraction of sp³-hybridized carbons (Fsp3) is 0.227. The second kappa shape index (κ2) is 8.88. The van der Waals surface area contributed by atoms with Gasteiger partial charge in [-0.25, -0.2) is 0 Å². The molecule has 2 amide bonds. The molecule has 150 valence electrons. The quantitative estimate of drug-likeness (QED) is 0.482. The van der Waals surface area contributed by atoms with Gasteiger partial charge in [0.2, 0.25) is 0 Å². The van der Waals surface area contributed by atoms with Crippen LogP contribution in [0.3, 0.4) is 0 Å². The van der Waals surface area contributed by atoms with Crippen molar-refractivity contribution in [3.63, 3.8) is 0 Å². The molecular weight excluding hydrogens is 406 g/mol. The summed E-state index contributed by atoms with van der Waals surface area (Å²) in [5.74, 6) is -1.09. The number of ether oxygens (including phenoxy) is 1. The molecule has 7 heteroatoms. The van der Waals surface area contributed by atoms with E-state index in [4.69, 9.17) is 4.74 Å². The molecule has 0 atom stereocenters. The molecule has 3 rings (SSSR count). The van der Waals surface area contributed by atoms with Crippen molar-refractivity contribution in [2.75, 3.05) is 6.54 Å². The van der Waals surface area contributed by atoms with Gasteiger partial charge in [-0.1, -0.05) is 48.2 Å². The van der Waals surface area contributed by atoms with E-state index in [1.54, 1.807) is 38.6 Å². The van der Waals surface area contributed by atoms with Crippen LogP contribution in [0.1, 0.15) is 26.3 Å². The zero-order chi connectivity index (χ0) is 21.0. The fourth-order valence-corrected chi connectivity index (χ4v) is 4.36. The van der Waals surface area contributed by atoms with E-state index in [1.165, 1.54) is 0 Å². The van der Waals surface area contributed by atoms with Crippen molar-refractivity contribution in [2.45, 2.75) is 36.2 Å². The molecule has 0 spiro atoms. The second-order valence-electron chi connectivity index (χ2n) is 7.31. The Morgan fingerprint density at radius 2 is 1.72 bits per heavy atom. The summed E-state index contributed by atoms with van der Waals surface area (Å²) in [5.41, 5.74) is 0.159. The third-order valence-electron chi connectivity index (χ3n) is 3.76. The monoisotopic (exact) mass is 427 g/mol. The Labute approximate surface area is 178 Å². The van der Waals surface area contributed by atoms with Crippen LogP contribution in [-0.4, -0.2) is 34.2 Å². The summed E-state index contributed by atoms with van der Waals surface area (Å²) in [4.78, 5) is 40.3. The van der Waals surface area contributed by atoms with E-state index in [-0.39, 0.29) is 6.54 Å². The molecule has 0 bridgehead atoms. The van der Waals surface area contributed by atoms with Crippen molar-refractivity contribution >= 4 is 46.7 Å². The highest BCUT2D eigenvalue weighted by Gasteiger charge is 2.37. The minimum absolute atomic E-state index is 0.291. The molecule has 1 aliphatic rings. The van der Waals surface area contributed by atoms with Gasteiger partial charge in [-0.05, 0) is 62.4 Å². The van der Waals surface area contributed by atoms with Gasteiger partial charge in [-0.3, -0.25) is 19.3 Å². The molecule has 1 aliphatic heterocycles. The van der Waals surface area contributed by atoms with Crippen LogP contribution in [0.2, 0.25) is 0 Å². The maximum absolute atomic E-state index is 12.7. The molecule has 1 fully saturated rings. The Morgan fingerprint density at radius 3 is 2.41 bits per heavy atom. The molecule has 0 aliphatic carbocycles. The maximum Gasteiger partial charge on any atom is 0.326 e. The predicted octanol–water partition coefficient (Wildman–Crippen LogP) is 5.22. The lowest BCUT2D eigenvalue weighted by molar-refractivity contribution is -0.156. The first-order valence-electron chi connectivity index (χ1n) is 9.02. The summed E-state index contributed by atoms with van der Waals surface area (Å²) in [6.45, 7) is 4.82. The van der Waals surface area contributed by atoms with Gasteiger partial charge in [0, 0.05) is 9.79 Å². The molecule has 29 heavy (non-hydrogen) atoms. The minimum Gasteiger partial charge on any atom is -0.459 e. The third kappa shape index (κ3) is 5.74. The standard InChI is InChI=1S/C22H21NO4S2/c1-22(2,3)27-19(24)14-23-20(25)18(29-21(23)26)13-15-9-7-8-12-17(15)28-16-10-5-4-6-11-16/h4-13H,14H2,1-3H3. The van der Waals surface area contributed by atoms with E-state index < -0.39 is 22.7 Å². The van der Waals surface area contributed by atoms with Crippen LogP contribution in [0, 0.1) is 0 Å². The smallest absolute Gasteiger partial charge is 0.326 e. The lowest BCUT2D eigenvalue weighted by atomic mass is 10.2. The van der Waals surface area contributed by atoms with Crippen molar-refractivity contribution < 1.29 is 19.1 Å². The highest BCUT2D eigenvalue weighted by Crippen LogP contribution is 2.36. The molecule has 0 N–H and O–H groups in total. The topological polar surface area (TPSA) is 63.7 Å². The van der Waals surface area contributed by atoms with Gasteiger partial charge >= 0.3 is 5.97 Å². The van der Waals surface area contributed by atoms with Crippen molar-refractivity contribution in [1.29, 1.82) is 0 Å². The number of hydrogen-bond donors (Lipinski definition) is 0. The summed E-state index contributed by atoms with van der Waals surface area (Å²) in [6, 6.07) is 17.6. The average molecular weight is 428 g/mol. The molecule has 5 nitrogen and oxygen atoms in total. The van der Waals surface area contributed by atoms with Gasteiger partial charge in [0.05, 0.1) is 4.91 Å². The Bertz CT molecular complexity index is 964. The average Bonchev–Trinajstić information content (AvgIpc) is 2.90. The number of amides is 2. The number of carbonyl (C=O) groups is 3. The first-order valence-corrected chi connectivity index (χ1v) is 10.7. The Balaban J connectivity index is 1.79. The second-order valence-corrected chi connectivity index (χ2v) is 9.42. The summed E-state index contributed by atoms with van der Waals surface area (Å²) in [6.07, 6.45) is 1.70. The number of benzene rings is 2. The lowest BCUT2D eigenvalue weighted by Crippen LogP contribution is -2.37. The van der Waals surface area contributed by atoms with Crippen LogP contribution in [0.25, 0.3) is 6.08 Å². The molecule has 0 saturated carbocycles. The van der Waals surface area contributed by atoms with Gasteiger partial charge in [0.1, 0.15) is 12.1 Å². The van der Waals surface area contributed by atoms with Crippen LogP contribution in [0.4, 0.5) is 4.79 Å². The molecular formula is C22H21NO4S2. The fourth-order valence-electron chi connectivity index (χ4n) is 2.59. The van der Waals surface area contributed by atoms with Gasteiger partial charge in [-0.15, -0.1) is 0 Å². The highest BCUT2D eigenvalue weighted by atomic mass is 32.2. The summed E-state index contributed by atoms with van der Waals surface area (Å²) >= 11 is 2.41. The first-order chi connectivity index (χ1) is 13.7. The van der Waals surface area contributed by atoms with Gasteiger partial charge in [-0.2, -0.15) is 0 Å². The minimum atomic E-state index is -0.678. The van der Waals surface area contributed by atoms with Crippen LogP contribution in [0.5, 0.6) is 0 Å². The lowest BCUT2D eigenvalue weighted by Gasteiger charge is -2.21. The number of hydrogen-bond acceptors (Lipinski definition) is 6. The summed E-state index contributed by atoms with van der Waals surface area (Å²) < 4.78 is 5.22. The normalized spacial score (nSPS) is 15.8. The Morgan fingerprint density at radius 1 is 1.07 bits per heavy atom. The number of esters is 1. The highest BCUT2D eigenvalue weighted by molar-refractivity contribution is 8.18. The molecule has 1 saturated heterocycles. The maximum atomic E-state index is 12.7. The third-order valence-corrected chi connectivity index (χ3v) is 5.76. The van der Waals surface area contributed by atoms with E-state index >= 15 is 0 Å². The number of nitrogens with zero attached hydrogens (tertiary/aromatic N) is 1. The van der Waals surface area contributed by atoms with Crippen LogP contribution >= 0.6 is 23.5 Å². The van der Waals surface area contributed by atoms with Gasteiger partial charge in [0.15, 0.2) is 0 Å². The predicted molar refractivity (Wildman–Crippen MR) is 116 cm³/mol. The first kappa shape index (κ1) is 21.2. The van der Waals surface area contributed by atoms with Gasteiger partial charge in [0.25, 0.3) is 11.1 Å². The van der Waals surface area contributed by atoms with Crippen molar-refractivity contribution in [3.8, 4) is 0 Å². The molecule has 2 aromatic rings. The SMILES string of the molecule is CC(C)(C)OC(=O)CN1C(=O)SC(=Cc2ccccc2Sc2ccccc2)C1=O. The van der Waals surface area contributed by atoms with E-state index in [0.717, 1.165) is 32.0 Å². The molecule has 0 aromatic heterocycles. The number of imide groups is 1. The molecule has 0 radical (unpaired) electrons. The van der Waals surface area contributed by atoms with Crippen molar-refractivity contribution in [3.05, 3.63) is 65.1 Å². The number of thioether (sulfide) groups is 1. The zero-order valence-electron chi connectivity index (χ0n) is 16.4. The van der Waals surface area contributed by atoms with Crippen molar-refractivity contribution in [2.24, 2.45) is 0 Å². The van der Waals surface area contributed by atoms with E-state index in [1.807, 2.05) is 54.6 Å². The van der Waals surface area contributed by atoms with Crippen molar-refractivity contribution in [1.82, 2.24) is 4.90 Å². The zero-order valence-corrected chi connectivity index (χ0v) is 18.0. The number of carbonyl (C=O) groups excluding carboxylic acids is 3. The molecule has 0 unspecified atom stereocenters. The van der Waals surface area contributed by atoms with E-state index in [2.05, 4.69) is 0 Å². The van der Waals surface area contributed by atoms with E-state index in [0.29, 0.717) is 4.91 Å². The Kier molecular flexibility index (Phi) is 6.49. The van der Waals surface area contributed by atoms with Gasteiger partial charge < -0.3 is 4.74 Å². The summed E-state index contributed by atoms with van der Waals surface area (Å²) in [5, 5.41) is -0.472. The van der Waals surface area contributed by atoms with Crippen LogP contribution < -0.4 is 0 Å². The number of rotatable bonds is 5. The van der Waals surface area contributed by atoms with Crippen LogP contribution in [0.15, 0.2) is 69.3 Å². The van der Waals surface area contributed by atoms with E-state index in [9.17, 15) is 14.4 Å². The Hall–Kier alpha value is -2.51. The molecule has 2 aromatic carbocycles.